The van der Waals surface area contributed by atoms with Gasteiger partial charge in [-0.25, -0.2) is 4.79 Å². The highest BCUT2D eigenvalue weighted by atomic mass is 16.8. The summed E-state index contributed by atoms with van der Waals surface area (Å²) in [5, 5.41) is 52.2. The highest BCUT2D eigenvalue weighted by Gasteiger charge is 2.76. The number of hydrogen-bond acceptors (Lipinski definition) is 12. The van der Waals surface area contributed by atoms with Crippen LogP contribution in [0.3, 0.4) is 0 Å². The first-order chi connectivity index (χ1) is 24.4. The van der Waals surface area contributed by atoms with Crippen molar-refractivity contribution >= 4 is 17.7 Å². The van der Waals surface area contributed by atoms with Gasteiger partial charge in [0.25, 0.3) is 0 Å². The molecule has 0 amide bonds. The summed E-state index contributed by atoms with van der Waals surface area (Å²) in [6, 6.07) is 0.322. The molecule has 4 heterocycles. The van der Waals surface area contributed by atoms with Crippen LogP contribution in [0.4, 0.5) is 0 Å². The van der Waals surface area contributed by atoms with Gasteiger partial charge in [0.15, 0.2) is 6.29 Å². The van der Waals surface area contributed by atoms with Crippen LogP contribution in [0.15, 0.2) is 34.6 Å². The van der Waals surface area contributed by atoms with E-state index >= 15 is 0 Å². The maximum Gasteiger partial charge on any atom is 0.335 e. The number of carboxylic acid groups (broad SMARTS) is 1. The first kappa shape index (κ1) is 34.1. The van der Waals surface area contributed by atoms with Gasteiger partial charge in [-0.15, -0.1) is 0 Å². The molecule has 3 saturated heterocycles. The number of esters is 1. The molecule has 51 heavy (non-hydrogen) atoms. The molecule has 5 N–H and O–H groups in total. The van der Waals surface area contributed by atoms with Gasteiger partial charge in [0, 0.05) is 36.4 Å². The summed E-state index contributed by atoms with van der Waals surface area (Å²) in [5.74, 6) is -2.44. The molecule has 13 nitrogen and oxygen atoms in total. The van der Waals surface area contributed by atoms with Crippen molar-refractivity contribution in [2.75, 3.05) is 26.3 Å². The van der Waals surface area contributed by atoms with Crippen molar-refractivity contribution in [1.82, 2.24) is 4.90 Å². The topological polar surface area (TPSA) is 193 Å². The van der Waals surface area contributed by atoms with Gasteiger partial charge < -0.3 is 44.5 Å². The summed E-state index contributed by atoms with van der Waals surface area (Å²) in [6.45, 7) is 5.73. The Morgan fingerprint density at radius 3 is 2.59 bits per heavy atom. The monoisotopic (exact) mass is 711 g/mol. The summed E-state index contributed by atoms with van der Waals surface area (Å²) in [5.41, 5.74) is 2.24. The van der Waals surface area contributed by atoms with Crippen molar-refractivity contribution < 1.29 is 58.9 Å². The van der Waals surface area contributed by atoms with Crippen LogP contribution in [0, 0.1) is 52.3 Å². The van der Waals surface area contributed by atoms with Gasteiger partial charge in [-0.3, -0.25) is 14.5 Å². The molecule has 0 aromatic heterocycles. The number of hydrogen-bond donors (Lipinski definition) is 5. The highest BCUT2D eigenvalue weighted by Crippen LogP contribution is 2.75. The van der Waals surface area contributed by atoms with Gasteiger partial charge >= 0.3 is 11.9 Å². The van der Waals surface area contributed by atoms with Gasteiger partial charge in [0.2, 0.25) is 6.29 Å². The van der Waals surface area contributed by atoms with E-state index in [-0.39, 0.29) is 35.3 Å². The number of allylic oxidation sites excluding steroid dienone is 3. The third-order valence-corrected chi connectivity index (χ3v) is 15.2. The number of ketones is 1. The van der Waals surface area contributed by atoms with Gasteiger partial charge in [-0.05, 0) is 68.3 Å². The van der Waals surface area contributed by atoms with Crippen molar-refractivity contribution in [2.24, 2.45) is 52.3 Å². The number of ether oxygens (including phenoxy) is 4. The summed E-state index contributed by atoms with van der Waals surface area (Å²) in [4.78, 5) is 43.5. The minimum absolute atomic E-state index is 0.0145. The largest absolute Gasteiger partial charge is 0.478 e. The lowest BCUT2D eigenvalue weighted by atomic mass is 9.45. The lowest BCUT2D eigenvalue weighted by Crippen LogP contribution is -2.64. The van der Waals surface area contributed by atoms with Gasteiger partial charge in [-0.1, -0.05) is 31.1 Å². The maximum atomic E-state index is 14.9. The van der Waals surface area contributed by atoms with Gasteiger partial charge in [0.1, 0.15) is 36.8 Å². The average Bonchev–Trinajstić information content (AvgIpc) is 3.86. The molecule has 13 heteroatoms. The number of fused-ring (bicyclic) bond motifs is 2. The fourth-order valence-corrected chi connectivity index (χ4v) is 12.7. The summed E-state index contributed by atoms with van der Waals surface area (Å²) < 4.78 is 23.5. The van der Waals surface area contributed by atoms with Gasteiger partial charge in [-0.2, -0.15) is 0 Å². The van der Waals surface area contributed by atoms with Crippen molar-refractivity contribution in [3.63, 3.8) is 0 Å². The molecule has 0 aromatic rings. The third kappa shape index (κ3) is 4.55. The quantitative estimate of drug-likeness (QED) is 0.188. The fraction of sp³-hybridized carbons (Fsp3) is 0.763. The minimum Gasteiger partial charge on any atom is -0.478 e. The third-order valence-electron chi connectivity index (χ3n) is 15.2. The molecular weight excluding hydrogens is 662 g/mol. The zero-order valence-electron chi connectivity index (χ0n) is 29.1. The Balaban J connectivity index is 0.939. The number of rotatable bonds is 7. The molecule has 4 aliphatic heterocycles. The van der Waals surface area contributed by atoms with Crippen LogP contribution in [0.1, 0.15) is 58.8 Å². The van der Waals surface area contributed by atoms with Crippen molar-refractivity contribution in [3.8, 4) is 0 Å². The lowest BCUT2D eigenvalue weighted by Gasteiger charge is -2.59. The summed E-state index contributed by atoms with van der Waals surface area (Å²) in [6.07, 6.45) is -0.714. The summed E-state index contributed by atoms with van der Waals surface area (Å²) in [7, 11) is 0. The molecule has 9 aliphatic rings. The SMILES string of the molecule is C[C@@H]1CN2C[C@H]3CCC4=C5[C@H](CC4)[C@H](C(=O)OC[C@H]4O[C@@H](OC6OC=C(C(=O)O)[C@H]7CC=C(CO)[C@@H]67)[C@H](O)[C@@H](O)[C@@H]4O)CC54C(=O)[C@H]1CC2[C@@]34C. The molecule has 3 unspecified atom stereocenters. The van der Waals surface area contributed by atoms with Crippen molar-refractivity contribution in [3.05, 3.63) is 34.6 Å². The smallest absolute Gasteiger partial charge is 0.335 e. The van der Waals surface area contributed by atoms with E-state index in [4.69, 9.17) is 18.9 Å². The molecule has 0 aromatic carbocycles. The fourth-order valence-electron chi connectivity index (χ4n) is 12.7. The Hall–Kier alpha value is -2.65. The molecule has 1 spiro atoms. The first-order valence-electron chi connectivity index (χ1n) is 18.8. The molecular formula is C38H49NO12. The predicted molar refractivity (Wildman–Crippen MR) is 175 cm³/mol. The highest BCUT2D eigenvalue weighted by molar-refractivity contribution is 5.95. The van der Waals surface area contributed by atoms with Crippen LogP contribution >= 0.6 is 0 Å². The second-order valence-corrected chi connectivity index (χ2v) is 17.0. The number of aliphatic carboxylic acids is 1. The molecule has 2 bridgehead atoms. The number of nitrogens with zero attached hydrogens (tertiary/aromatic N) is 1. The Bertz CT molecular complexity index is 1620. The number of carbonyl (C=O) groups is 3. The maximum absolute atomic E-state index is 14.9. The second-order valence-electron chi connectivity index (χ2n) is 17.0. The van der Waals surface area contributed by atoms with Crippen LogP contribution in [0.25, 0.3) is 0 Å². The number of carboxylic acids is 1. The van der Waals surface area contributed by atoms with E-state index in [1.165, 1.54) is 11.1 Å². The minimum atomic E-state index is -1.71. The van der Waals surface area contributed by atoms with Gasteiger partial charge in [0.05, 0.1) is 35.7 Å². The molecule has 278 valence electrons. The Labute approximate surface area is 296 Å². The Kier molecular flexibility index (Phi) is 7.98. The lowest BCUT2D eigenvalue weighted by molar-refractivity contribution is -0.340. The van der Waals surface area contributed by atoms with Crippen LogP contribution in [-0.4, -0.2) is 117 Å². The van der Waals surface area contributed by atoms with E-state index in [9.17, 15) is 39.9 Å². The molecule has 5 aliphatic carbocycles. The molecule has 5 fully saturated rings. The molecule has 16 atom stereocenters. The number of piperidine rings is 1. The zero-order valence-corrected chi connectivity index (χ0v) is 29.1. The predicted octanol–water partition coefficient (Wildman–Crippen LogP) is 1.29. The average molecular weight is 712 g/mol. The number of carbonyl (C=O) groups excluding carboxylic acids is 2. The van der Waals surface area contributed by atoms with E-state index in [2.05, 4.69) is 18.7 Å². The zero-order chi connectivity index (χ0) is 35.7. The Morgan fingerprint density at radius 2 is 1.82 bits per heavy atom. The van der Waals surface area contributed by atoms with E-state index in [0.29, 0.717) is 36.2 Å². The summed E-state index contributed by atoms with van der Waals surface area (Å²) >= 11 is 0. The second kappa shape index (κ2) is 11.9. The van der Waals surface area contributed by atoms with E-state index in [0.717, 1.165) is 51.5 Å². The van der Waals surface area contributed by atoms with Crippen LogP contribution < -0.4 is 0 Å². The Morgan fingerprint density at radius 1 is 1.04 bits per heavy atom. The molecule has 0 radical (unpaired) electrons. The van der Waals surface area contributed by atoms with Crippen molar-refractivity contribution in [1.29, 1.82) is 0 Å². The number of aliphatic hydroxyl groups excluding tert-OH is 4. The normalized spacial score (nSPS) is 49.5. The van der Waals surface area contributed by atoms with E-state index in [1.54, 1.807) is 6.08 Å². The van der Waals surface area contributed by atoms with Crippen LogP contribution in [0.2, 0.25) is 0 Å². The van der Waals surface area contributed by atoms with Crippen LogP contribution in [-0.2, 0) is 33.3 Å². The van der Waals surface area contributed by atoms with Crippen LogP contribution in [0.5, 0.6) is 0 Å². The number of Topliss-reactive ketones (excluding diaryl/α,β-unsaturated/α-hetero) is 1. The molecule has 9 rings (SSSR count). The molecule has 2 saturated carbocycles. The number of aliphatic hydroxyl groups is 4. The van der Waals surface area contributed by atoms with E-state index < -0.39 is 78.7 Å². The van der Waals surface area contributed by atoms with Crippen molar-refractivity contribution in [2.45, 2.75) is 102 Å². The first-order valence-corrected chi connectivity index (χ1v) is 18.8. The van der Waals surface area contributed by atoms with E-state index in [1.807, 2.05) is 0 Å². The standard InChI is InChI=1S/C38H49NO12/c1-16-11-39-12-19-6-3-17-4-8-21-23(10-38(28(17)21)32(44)22(16)9-26(39)37(19,38)2)34(47)48-15-25-29(41)30(42)31(43)36(50-25)51-35-27-18(13-40)5-7-20(27)24(14-49-35)33(45)46/h5,14,16,19-23,25-27,29-31,35-36,40-43H,3-4,6-13,15H2,1-2H3,(H,45,46)/t16-,19-,20-,21-,22+,23-,25-,26?,27-,29-,30+,31-,35?,36+,37-,38?/m1/s1.